The fraction of sp³-hybridized carbons (Fsp3) is 0.417. The minimum absolute atomic E-state index is 0.254. The summed E-state index contributed by atoms with van der Waals surface area (Å²) in [4.78, 5) is 3.98. The zero-order valence-electron chi connectivity index (χ0n) is 8.63. The summed E-state index contributed by atoms with van der Waals surface area (Å²) in [5, 5.41) is 12.4. The molecule has 1 aliphatic rings. The molecule has 2 N–H and O–H groups in total. The first-order valence-corrected chi connectivity index (χ1v) is 5.30. The van der Waals surface area contributed by atoms with Gasteiger partial charge in [-0.25, -0.2) is 0 Å². The van der Waals surface area contributed by atoms with Crippen LogP contribution in [-0.2, 0) is 6.54 Å². The number of aliphatic hydroxyl groups is 1. The van der Waals surface area contributed by atoms with Crippen molar-refractivity contribution in [1.82, 2.24) is 10.3 Å². The molecule has 80 valence electrons. The zero-order valence-corrected chi connectivity index (χ0v) is 8.63. The van der Waals surface area contributed by atoms with Crippen LogP contribution < -0.4 is 5.32 Å². The van der Waals surface area contributed by atoms with Gasteiger partial charge in [0.1, 0.15) is 0 Å². The number of nitrogens with zero attached hydrogens (tertiary/aromatic N) is 1. The second kappa shape index (κ2) is 5.05. The lowest BCUT2D eigenvalue weighted by Crippen LogP contribution is -2.26. The van der Waals surface area contributed by atoms with Gasteiger partial charge in [0.25, 0.3) is 0 Å². The molecular weight excluding hydrogens is 188 g/mol. The SMILES string of the molecule is OC[C@H]1C=C[C@@H](NCc2ccncc2)C1. The highest BCUT2D eigenvalue weighted by Crippen LogP contribution is 2.17. The Balaban J connectivity index is 1.78. The van der Waals surface area contributed by atoms with Gasteiger partial charge in [-0.05, 0) is 24.1 Å². The number of rotatable bonds is 4. The van der Waals surface area contributed by atoms with Gasteiger partial charge in [0.15, 0.2) is 0 Å². The molecule has 0 spiro atoms. The van der Waals surface area contributed by atoms with Gasteiger partial charge in [-0.15, -0.1) is 0 Å². The Labute approximate surface area is 89.9 Å². The lowest BCUT2D eigenvalue weighted by Gasteiger charge is -2.12. The van der Waals surface area contributed by atoms with E-state index in [9.17, 15) is 0 Å². The summed E-state index contributed by atoms with van der Waals surface area (Å²) in [5.41, 5.74) is 1.24. The fourth-order valence-electron chi connectivity index (χ4n) is 1.81. The molecule has 1 heterocycles. The van der Waals surface area contributed by atoms with Crippen LogP contribution in [0.5, 0.6) is 0 Å². The van der Waals surface area contributed by atoms with E-state index in [1.54, 1.807) is 12.4 Å². The number of aliphatic hydroxyl groups excluding tert-OH is 1. The van der Waals surface area contributed by atoms with Gasteiger partial charge in [-0.2, -0.15) is 0 Å². The second-order valence-electron chi connectivity index (χ2n) is 3.91. The lowest BCUT2D eigenvalue weighted by molar-refractivity contribution is 0.246. The number of hydrogen-bond acceptors (Lipinski definition) is 3. The molecule has 2 rings (SSSR count). The Kier molecular flexibility index (Phi) is 3.48. The maximum atomic E-state index is 8.98. The van der Waals surface area contributed by atoms with Gasteiger partial charge < -0.3 is 10.4 Å². The molecule has 0 aliphatic heterocycles. The number of pyridine rings is 1. The highest BCUT2D eigenvalue weighted by molar-refractivity contribution is 5.11. The van der Waals surface area contributed by atoms with Crippen LogP contribution in [0.2, 0.25) is 0 Å². The van der Waals surface area contributed by atoms with Crippen molar-refractivity contribution in [1.29, 1.82) is 0 Å². The van der Waals surface area contributed by atoms with Crippen molar-refractivity contribution in [2.45, 2.75) is 19.0 Å². The van der Waals surface area contributed by atoms with E-state index < -0.39 is 0 Å². The lowest BCUT2D eigenvalue weighted by atomic mass is 10.1. The number of nitrogens with one attached hydrogen (secondary N) is 1. The molecule has 0 bridgehead atoms. The summed E-state index contributed by atoms with van der Waals surface area (Å²) < 4.78 is 0. The normalized spacial score (nSPS) is 24.6. The van der Waals surface area contributed by atoms with Gasteiger partial charge in [-0.1, -0.05) is 12.2 Å². The smallest absolute Gasteiger partial charge is 0.0494 e. The molecule has 1 aromatic heterocycles. The average Bonchev–Trinajstić information content (AvgIpc) is 2.76. The summed E-state index contributed by atoms with van der Waals surface area (Å²) in [6, 6.07) is 4.42. The third-order valence-corrected chi connectivity index (χ3v) is 2.72. The first-order valence-electron chi connectivity index (χ1n) is 5.30. The highest BCUT2D eigenvalue weighted by atomic mass is 16.3. The third-order valence-electron chi connectivity index (χ3n) is 2.72. The first kappa shape index (κ1) is 10.3. The standard InChI is InChI=1S/C12H16N2O/c15-9-11-1-2-12(7-11)14-8-10-3-5-13-6-4-10/h1-6,11-12,14-15H,7-9H2/t11-,12+/m0/s1. The Morgan fingerprint density at radius 1 is 1.33 bits per heavy atom. The van der Waals surface area contributed by atoms with Gasteiger partial charge >= 0.3 is 0 Å². The van der Waals surface area contributed by atoms with Crippen molar-refractivity contribution in [3.05, 3.63) is 42.2 Å². The molecule has 1 aromatic rings. The van der Waals surface area contributed by atoms with Crippen LogP contribution in [0, 0.1) is 5.92 Å². The predicted octanol–water partition coefficient (Wildman–Crippen LogP) is 1.11. The van der Waals surface area contributed by atoms with E-state index >= 15 is 0 Å². The minimum atomic E-state index is 0.254. The van der Waals surface area contributed by atoms with Gasteiger partial charge in [0.2, 0.25) is 0 Å². The quantitative estimate of drug-likeness (QED) is 0.722. The molecule has 0 fully saturated rings. The number of hydrogen-bond donors (Lipinski definition) is 2. The molecule has 0 unspecified atom stereocenters. The van der Waals surface area contributed by atoms with Crippen molar-refractivity contribution in [2.75, 3.05) is 6.61 Å². The summed E-state index contributed by atoms with van der Waals surface area (Å²) in [6.45, 7) is 1.11. The summed E-state index contributed by atoms with van der Waals surface area (Å²) in [7, 11) is 0. The molecule has 0 amide bonds. The predicted molar refractivity (Wildman–Crippen MR) is 59.2 cm³/mol. The Hall–Kier alpha value is -1.19. The van der Waals surface area contributed by atoms with Crippen molar-refractivity contribution >= 4 is 0 Å². The second-order valence-corrected chi connectivity index (χ2v) is 3.91. The molecule has 3 nitrogen and oxygen atoms in total. The van der Waals surface area contributed by atoms with Crippen LogP contribution in [0.15, 0.2) is 36.7 Å². The van der Waals surface area contributed by atoms with Gasteiger partial charge in [-0.3, -0.25) is 4.98 Å². The van der Waals surface area contributed by atoms with Crippen molar-refractivity contribution < 1.29 is 5.11 Å². The highest BCUT2D eigenvalue weighted by Gasteiger charge is 2.16. The maximum Gasteiger partial charge on any atom is 0.0494 e. The van der Waals surface area contributed by atoms with Crippen molar-refractivity contribution in [2.24, 2.45) is 5.92 Å². The van der Waals surface area contributed by atoms with Crippen LogP contribution >= 0.6 is 0 Å². The van der Waals surface area contributed by atoms with E-state index in [4.69, 9.17) is 5.11 Å². The Bertz CT molecular complexity index is 324. The summed E-state index contributed by atoms with van der Waals surface area (Å²) in [6.07, 6.45) is 8.84. The van der Waals surface area contributed by atoms with Crippen molar-refractivity contribution in [3.63, 3.8) is 0 Å². The monoisotopic (exact) mass is 204 g/mol. The molecule has 3 heteroatoms. The third kappa shape index (κ3) is 2.88. The van der Waals surface area contributed by atoms with Crippen LogP contribution in [0.25, 0.3) is 0 Å². The molecule has 2 atom stereocenters. The zero-order chi connectivity index (χ0) is 10.5. The average molecular weight is 204 g/mol. The molecule has 0 aromatic carbocycles. The van der Waals surface area contributed by atoms with E-state index in [0.29, 0.717) is 12.0 Å². The van der Waals surface area contributed by atoms with Crippen LogP contribution in [0.4, 0.5) is 0 Å². The van der Waals surface area contributed by atoms with Crippen molar-refractivity contribution in [3.8, 4) is 0 Å². The molecule has 0 saturated carbocycles. The largest absolute Gasteiger partial charge is 0.396 e. The molecular formula is C12H16N2O. The van der Waals surface area contributed by atoms with E-state index in [-0.39, 0.29) is 6.61 Å². The van der Waals surface area contributed by atoms with Crippen LogP contribution in [0.3, 0.4) is 0 Å². The Morgan fingerprint density at radius 3 is 2.80 bits per heavy atom. The van der Waals surface area contributed by atoms with E-state index in [1.807, 2.05) is 12.1 Å². The first-order chi connectivity index (χ1) is 7.38. The summed E-state index contributed by atoms with van der Waals surface area (Å²) in [5.74, 6) is 0.333. The number of aromatic nitrogens is 1. The summed E-state index contributed by atoms with van der Waals surface area (Å²) >= 11 is 0. The van der Waals surface area contributed by atoms with Gasteiger partial charge in [0, 0.05) is 37.5 Å². The molecule has 15 heavy (non-hydrogen) atoms. The maximum absolute atomic E-state index is 8.98. The van der Waals surface area contributed by atoms with Gasteiger partial charge in [0.05, 0.1) is 0 Å². The van der Waals surface area contributed by atoms with Crippen LogP contribution in [0.1, 0.15) is 12.0 Å². The van der Waals surface area contributed by atoms with E-state index in [1.165, 1.54) is 5.56 Å². The molecule has 1 aliphatic carbocycles. The minimum Gasteiger partial charge on any atom is -0.396 e. The fourth-order valence-corrected chi connectivity index (χ4v) is 1.81. The molecule has 0 saturated heterocycles. The van der Waals surface area contributed by atoms with E-state index in [2.05, 4.69) is 22.5 Å². The van der Waals surface area contributed by atoms with E-state index in [0.717, 1.165) is 13.0 Å². The Morgan fingerprint density at radius 2 is 2.13 bits per heavy atom. The topological polar surface area (TPSA) is 45.1 Å². The molecule has 0 radical (unpaired) electrons. The van der Waals surface area contributed by atoms with Crippen LogP contribution in [-0.4, -0.2) is 22.7 Å².